The molecule has 5 rings (SSSR count). The van der Waals surface area contributed by atoms with E-state index in [2.05, 4.69) is 45.1 Å². The maximum absolute atomic E-state index is 4.88. The number of hydrogen-bond donors (Lipinski definition) is 3. The first-order valence-corrected chi connectivity index (χ1v) is 11.4. The van der Waals surface area contributed by atoms with Crippen molar-refractivity contribution in [2.45, 2.75) is 76.5 Å². The summed E-state index contributed by atoms with van der Waals surface area (Å²) in [7, 11) is 0. The van der Waals surface area contributed by atoms with Gasteiger partial charge in [-0.2, -0.15) is 0 Å². The van der Waals surface area contributed by atoms with Crippen LogP contribution in [-0.4, -0.2) is 56.2 Å². The zero-order valence-corrected chi connectivity index (χ0v) is 17.9. The normalized spacial score (nSPS) is 23.4. The molecule has 0 bridgehead atoms. The van der Waals surface area contributed by atoms with Crippen LogP contribution in [0.5, 0.6) is 0 Å². The largest absolute Gasteiger partial charge is 0.351 e. The van der Waals surface area contributed by atoms with Crippen LogP contribution in [0.15, 0.2) is 18.3 Å². The van der Waals surface area contributed by atoms with E-state index >= 15 is 0 Å². The van der Waals surface area contributed by atoms with Gasteiger partial charge in [0.05, 0.1) is 0 Å². The molecule has 2 fully saturated rings. The summed E-state index contributed by atoms with van der Waals surface area (Å²) in [6, 6.07) is 6.02. The second-order valence-corrected chi connectivity index (χ2v) is 9.08. The highest BCUT2D eigenvalue weighted by Gasteiger charge is 2.24. The van der Waals surface area contributed by atoms with Crippen LogP contribution in [0.3, 0.4) is 0 Å². The van der Waals surface area contributed by atoms with E-state index in [4.69, 9.17) is 4.98 Å². The smallest absolute Gasteiger partial charge is 0.223 e. The van der Waals surface area contributed by atoms with Gasteiger partial charge in [0.1, 0.15) is 16.6 Å². The molecular weight excluding hydrogens is 376 g/mol. The molecule has 3 N–H and O–H groups in total. The zero-order valence-electron chi connectivity index (χ0n) is 17.9. The molecule has 8 heteroatoms. The van der Waals surface area contributed by atoms with Gasteiger partial charge >= 0.3 is 0 Å². The summed E-state index contributed by atoms with van der Waals surface area (Å²) in [6.07, 6.45) is 9.14. The van der Waals surface area contributed by atoms with Gasteiger partial charge < -0.3 is 16.0 Å². The third-order valence-corrected chi connectivity index (χ3v) is 6.54. The van der Waals surface area contributed by atoms with Crippen LogP contribution in [0.4, 0.5) is 5.95 Å². The lowest BCUT2D eigenvalue weighted by atomic mass is 9.90. The third kappa shape index (κ3) is 3.98. The molecule has 1 aliphatic carbocycles. The first kappa shape index (κ1) is 19.6. The van der Waals surface area contributed by atoms with E-state index in [-0.39, 0.29) is 6.04 Å². The molecule has 1 aromatic carbocycles. The molecule has 3 heterocycles. The van der Waals surface area contributed by atoms with Crippen LogP contribution in [0.2, 0.25) is 0 Å². The van der Waals surface area contributed by atoms with Crippen molar-refractivity contribution in [2.24, 2.45) is 0 Å². The van der Waals surface area contributed by atoms with Gasteiger partial charge in [-0.15, -0.1) is 5.10 Å². The van der Waals surface area contributed by atoms with Gasteiger partial charge in [0.15, 0.2) is 0 Å². The SMILES string of the molecule is CC(C)n1nnc2ccc3cnc(N[C@H]4CC[C@H](NC5CCNCC5)CC4)nc3c21. The van der Waals surface area contributed by atoms with E-state index in [9.17, 15) is 0 Å². The summed E-state index contributed by atoms with van der Waals surface area (Å²) in [5.74, 6) is 0.710. The topological polar surface area (TPSA) is 92.6 Å². The second kappa shape index (κ2) is 8.43. The van der Waals surface area contributed by atoms with Gasteiger partial charge in [-0.3, -0.25) is 0 Å². The van der Waals surface area contributed by atoms with Gasteiger partial charge in [0.2, 0.25) is 5.95 Å². The number of rotatable bonds is 5. The first-order valence-electron chi connectivity index (χ1n) is 11.4. The average Bonchev–Trinajstić information content (AvgIpc) is 3.21. The van der Waals surface area contributed by atoms with Crippen LogP contribution in [0.25, 0.3) is 21.9 Å². The molecular formula is C22H32N8. The number of aromatic nitrogens is 5. The average molecular weight is 409 g/mol. The fourth-order valence-electron chi connectivity index (χ4n) is 4.86. The molecule has 1 saturated carbocycles. The molecule has 8 nitrogen and oxygen atoms in total. The van der Waals surface area contributed by atoms with E-state index in [1.807, 2.05) is 23.0 Å². The molecule has 2 aromatic heterocycles. The highest BCUT2D eigenvalue weighted by molar-refractivity contribution is 6.01. The van der Waals surface area contributed by atoms with Crippen LogP contribution < -0.4 is 16.0 Å². The Morgan fingerprint density at radius 2 is 1.73 bits per heavy atom. The van der Waals surface area contributed by atoms with Crippen LogP contribution in [-0.2, 0) is 0 Å². The van der Waals surface area contributed by atoms with Crippen molar-refractivity contribution < 1.29 is 0 Å². The van der Waals surface area contributed by atoms with Crippen molar-refractivity contribution in [2.75, 3.05) is 18.4 Å². The van der Waals surface area contributed by atoms with Gasteiger partial charge in [-0.1, -0.05) is 5.21 Å². The van der Waals surface area contributed by atoms with Crippen LogP contribution in [0.1, 0.15) is 58.4 Å². The Bertz CT molecular complexity index is 999. The first-order chi connectivity index (χ1) is 14.7. The molecule has 1 saturated heterocycles. The summed E-state index contributed by atoms with van der Waals surface area (Å²) in [4.78, 5) is 9.46. The molecule has 0 unspecified atom stereocenters. The van der Waals surface area contributed by atoms with Gasteiger partial charge in [-0.05, 0) is 77.6 Å². The number of fused-ring (bicyclic) bond motifs is 3. The minimum Gasteiger partial charge on any atom is -0.351 e. The Balaban J connectivity index is 1.28. The van der Waals surface area contributed by atoms with E-state index in [1.54, 1.807) is 0 Å². The monoisotopic (exact) mass is 408 g/mol. The summed E-state index contributed by atoms with van der Waals surface area (Å²) in [5, 5.41) is 20.6. The van der Waals surface area contributed by atoms with E-state index in [1.165, 1.54) is 25.7 Å². The van der Waals surface area contributed by atoms with Gasteiger partial charge in [0.25, 0.3) is 0 Å². The molecule has 2 aliphatic rings. The fourth-order valence-corrected chi connectivity index (χ4v) is 4.86. The summed E-state index contributed by atoms with van der Waals surface area (Å²) in [5.41, 5.74) is 2.79. The Hall–Kier alpha value is -2.32. The maximum atomic E-state index is 4.88. The minimum atomic E-state index is 0.231. The summed E-state index contributed by atoms with van der Waals surface area (Å²) in [6.45, 7) is 6.52. The highest BCUT2D eigenvalue weighted by atomic mass is 15.4. The Labute approximate surface area is 177 Å². The van der Waals surface area contributed by atoms with Crippen molar-refractivity contribution in [3.8, 4) is 0 Å². The molecule has 0 atom stereocenters. The summed E-state index contributed by atoms with van der Waals surface area (Å²) >= 11 is 0. The molecule has 0 spiro atoms. The van der Waals surface area contributed by atoms with Gasteiger partial charge in [-0.25, -0.2) is 14.6 Å². The number of benzene rings is 1. The highest BCUT2D eigenvalue weighted by Crippen LogP contribution is 2.26. The van der Waals surface area contributed by atoms with E-state index in [0.29, 0.717) is 24.1 Å². The van der Waals surface area contributed by atoms with Crippen LogP contribution in [0, 0.1) is 0 Å². The molecule has 1 aliphatic heterocycles. The molecule has 0 radical (unpaired) electrons. The van der Waals surface area contributed by atoms with E-state index < -0.39 is 0 Å². The Morgan fingerprint density at radius 3 is 2.50 bits per heavy atom. The Kier molecular flexibility index (Phi) is 5.52. The zero-order chi connectivity index (χ0) is 20.5. The quantitative estimate of drug-likeness (QED) is 0.597. The lowest BCUT2D eigenvalue weighted by Crippen LogP contribution is -2.46. The minimum absolute atomic E-state index is 0.231. The number of nitrogens with zero attached hydrogens (tertiary/aromatic N) is 5. The van der Waals surface area contributed by atoms with Crippen molar-refractivity contribution in [1.82, 2.24) is 35.6 Å². The third-order valence-electron chi connectivity index (χ3n) is 6.54. The van der Waals surface area contributed by atoms with Crippen molar-refractivity contribution in [3.05, 3.63) is 18.3 Å². The van der Waals surface area contributed by atoms with Gasteiger partial charge in [0, 0.05) is 35.8 Å². The molecule has 30 heavy (non-hydrogen) atoms. The van der Waals surface area contributed by atoms with Crippen LogP contribution >= 0.6 is 0 Å². The molecule has 160 valence electrons. The fraction of sp³-hybridized carbons (Fsp3) is 0.636. The Morgan fingerprint density at radius 1 is 1.00 bits per heavy atom. The number of anilines is 1. The second-order valence-electron chi connectivity index (χ2n) is 9.08. The van der Waals surface area contributed by atoms with E-state index in [0.717, 1.165) is 47.9 Å². The maximum Gasteiger partial charge on any atom is 0.223 e. The number of piperidine rings is 1. The predicted molar refractivity (Wildman–Crippen MR) is 120 cm³/mol. The lowest BCUT2D eigenvalue weighted by molar-refractivity contribution is 0.289. The lowest BCUT2D eigenvalue weighted by Gasteiger charge is -2.34. The number of nitrogens with one attached hydrogen (secondary N) is 3. The standard InChI is InChI=1S/C22H32N8/c1-14(2)30-21-19(28-29-30)8-3-15-13-24-22(27-20(15)21)26-17-6-4-16(5-7-17)25-18-9-11-23-12-10-18/h3,8,13-14,16-18,23,25H,4-7,9-12H2,1-2H3,(H,24,26,27)/t16-,17-. The molecule has 0 amide bonds. The summed E-state index contributed by atoms with van der Waals surface area (Å²) < 4.78 is 1.95. The predicted octanol–water partition coefficient (Wildman–Crippen LogP) is 3.02. The van der Waals surface area contributed by atoms with Crippen molar-refractivity contribution in [1.29, 1.82) is 0 Å². The molecule has 3 aromatic rings. The number of hydrogen-bond acceptors (Lipinski definition) is 7. The van der Waals surface area contributed by atoms with Crippen molar-refractivity contribution in [3.63, 3.8) is 0 Å². The van der Waals surface area contributed by atoms with Crippen molar-refractivity contribution >= 4 is 27.9 Å².